The summed E-state index contributed by atoms with van der Waals surface area (Å²) < 4.78 is 2.54. The smallest absolute Gasteiger partial charge is 0.153 e. The van der Waals surface area contributed by atoms with E-state index in [0.717, 1.165) is 29.8 Å². The Labute approximate surface area is 117 Å². The van der Waals surface area contributed by atoms with Crippen LogP contribution in [0, 0.1) is 0 Å². The van der Waals surface area contributed by atoms with E-state index in [1.165, 1.54) is 12.8 Å². The molecule has 5 nitrogen and oxygen atoms in total. The quantitative estimate of drug-likeness (QED) is 0.921. The van der Waals surface area contributed by atoms with E-state index < -0.39 is 0 Å². The Bertz CT molecular complexity index is 393. The standard InChI is InChI=1S/C12H22BrN5/c1-4-12(2,18-7-5-6-8-18)10(14)9-11(13)15-16-17(9)3/h10H,4-8,14H2,1-3H3. The van der Waals surface area contributed by atoms with Crippen molar-refractivity contribution in [3.8, 4) is 0 Å². The minimum atomic E-state index is -0.0880. The van der Waals surface area contributed by atoms with Gasteiger partial charge in [-0.2, -0.15) is 0 Å². The van der Waals surface area contributed by atoms with Gasteiger partial charge in [-0.3, -0.25) is 4.90 Å². The van der Waals surface area contributed by atoms with Gasteiger partial charge in [0.2, 0.25) is 0 Å². The van der Waals surface area contributed by atoms with Crippen molar-refractivity contribution in [3.63, 3.8) is 0 Å². The zero-order chi connectivity index (χ0) is 13.3. The molecule has 2 rings (SSSR count). The maximum atomic E-state index is 6.54. The second-order valence-electron chi connectivity index (χ2n) is 5.27. The van der Waals surface area contributed by atoms with Crippen LogP contribution in [0.1, 0.15) is 44.8 Å². The Morgan fingerprint density at radius 1 is 1.44 bits per heavy atom. The molecule has 0 saturated carbocycles. The molecule has 0 spiro atoms. The number of aromatic nitrogens is 3. The fourth-order valence-corrected chi connectivity index (χ4v) is 3.41. The molecule has 0 aromatic carbocycles. The summed E-state index contributed by atoms with van der Waals surface area (Å²) in [6.07, 6.45) is 3.56. The molecule has 2 heterocycles. The fraction of sp³-hybridized carbons (Fsp3) is 0.833. The average molecular weight is 316 g/mol. The number of halogens is 1. The van der Waals surface area contributed by atoms with Crippen molar-refractivity contribution in [1.82, 2.24) is 19.9 Å². The monoisotopic (exact) mass is 315 g/mol. The molecule has 2 unspecified atom stereocenters. The Kier molecular flexibility index (Phi) is 4.08. The normalized spacial score (nSPS) is 22.1. The highest BCUT2D eigenvalue weighted by Crippen LogP contribution is 2.36. The molecule has 18 heavy (non-hydrogen) atoms. The predicted molar refractivity (Wildman–Crippen MR) is 75.1 cm³/mol. The van der Waals surface area contributed by atoms with Crippen LogP contribution < -0.4 is 5.73 Å². The first kappa shape index (κ1) is 14.0. The zero-order valence-electron chi connectivity index (χ0n) is 11.4. The zero-order valence-corrected chi connectivity index (χ0v) is 12.9. The molecule has 1 fully saturated rings. The van der Waals surface area contributed by atoms with Crippen LogP contribution in [0.5, 0.6) is 0 Å². The van der Waals surface area contributed by atoms with Crippen LogP contribution >= 0.6 is 15.9 Å². The number of hydrogen-bond donors (Lipinski definition) is 1. The van der Waals surface area contributed by atoms with E-state index in [0.29, 0.717) is 0 Å². The van der Waals surface area contributed by atoms with Crippen molar-refractivity contribution >= 4 is 15.9 Å². The highest BCUT2D eigenvalue weighted by molar-refractivity contribution is 9.10. The van der Waals surface area contributed by atoms with Crippen LogP contribution in [0.3, 0.4) is 0 Å². The SMILES string of the molecule is CCC(C)(C(N)c1c(Br)nnn1C)N1CCCC1. The van der Waals surface area contributed by atoms with Gasteiger partial charge in [0.1, 0.15) is 0 Å². The van der Waals surface area contributed by atoms with Crippen molar-refractivity contribution in [3.05, 3.63) is 10.3 Å². The van der Waals surface area contributed by atoms with Crippen molar-refractivity contribution < 1.29 is 0 Å². The van der Waals surface area contributed by atoms with Gasteiger partial charge in [-0.1, -0.05) is 12.1 Å². The molecule has 1 saturated heterocycles. The Morgan fingerprint density at radius 2 is 2.06 bits per heavy atom. The van der Waals surface area contributed by atoms with Crippen LogP contribution in [0.4, 0.5) is 0 Å². The van der Waals surface area contributed by atoms with E-state index in [1.54, 1.807) is 4.68 Å². The molecule has 2 N–H and O–H groups in total. The van der Waals surface area contributed by atoms with E-state index >= 15 is 0 Å². The highest BCUT2D eigenvalue weighted by Gasteiger charge is 2.40. The molecule has 1 aliphatic rings. The van der Waals surface area contributed by atoms with Gasteiger partial charge in [-0.25, -0.2) is 4.68 Å². The van der Waals surface area contributed by atoms with Gasteiger partial charge < -0.3 is 5.73 Å². The van der Waals surface area contributed by atoms with Gasteiger partial charge in [0.25, 0.3) is 0 Å². The first-order valence-corrected chi connectivity index (χ1v) is 7.35. The fourth-order valence-electron chi connectivity index (χ4n) is 2.83. The number of aryl methyl sites for hydroxylation is 1. The van der Waals surface area contributed by atoms with Crippen LogP contribution in [0.25, 0.3) is 0 Å². The first-order chi connectivity index (χ1) is 8.50. The Balaban J connectivity index is 2.32. The van der Waals surface area contributed by atoms with Crippen LogP contribution in [0.15, 0.2) is 4.60 Å². The third-order valence-electron chi connectivity index (χ3n) is 4.34. The van der Waals surface area contributed by atoms with Crippen molar-refractivity contribution in [2.75, 3.05) is 13.1 Å². The predicted octanol–water partition coefficient (Wildman–Crippen LogP) is 1.84. The lowest BCUT2D eigenvalue weighted by molar-refractivity contribution is 0.0967. The number of hydrogen-bond acceptors (Lipinski definition) is 4. The van der Waals surface area contributed by atoms with Gasteiger partial charge in [-0.15, -0.1) is 5.10 Å². The molecule has 0 bridgehead atoms. The summed E-state index contributed by atoms with van der Waals surface area (Å²) in [6.45, 7) is 6.74. The largest absolute Gasteiger partial charge is 0.321 e. The van der Waals surface area contributed by atoms with Crippen molar-refractivity contribution in [2.45, 2.75) is 44.7 Å². The van der Waals surface area contributed by atoms with Crippen LogP contribution in [-0.2, 0) is 7.05 Å². The number of rotatable bonds is 4. The summed E-state index contributed by atoms with van der Waals surface area (Å²) in [6, 6.07) is -0.0880. The van der Waals surface area contributed by atoms with E-state index in [1.807, 2.05) is 7.05 Å². The van der Waals surface area contributed by atoms with E-state index in [9.17, 15) is 0 Å². The molecular weight excluding hydrogens is 294 g/mol. The number of nitrogens with zero attached hydrogens (tertiary/aromatic N) is 4. The van der Waals surface area contributed by atoms with E-state index in [-0.39, 0.29) is 11.6 Å². The molecule has 0 radical (unpaired) electrons. The summed E-state index contributed by atoms with van der Waals surface area (Å²) >= 11 is 3.45. The molecule has 102 valence electrons. The summed E-state index contributed by atoms with van der Waals surface area (Å²) in [7, 11) is 1.90. The van der Waals surface area contributed by atoms with Crippen LogP contribution in [0.2, 0.25) is 0 Å². The number of likely N-dealkylation sites (tertiary alicyclic amines) is 1. The number of nitrogens with two attached hydrogens (primary N) is 1. The second-order valence-corrected chi connectivity index (χ2v) is 6.02. The molecule has 1 aromatic rings. The maximum Gasteiger partial charge on any atom is 0.153 e. The summed E-state index contributed by atoms with van der Waals surface area (Å²) in [5, 5.41) is 8.08. The first-order valence-electron chi connectivity index (χ1n) is 6.56. The topological polar surface area (TPSA) is 60.0 Å². The Morgan fingerprint density at radius 3 is 2.50 bits per heavy atom. The van der Waals surface area contributed by atoms with Gasteiger partial charge >= 0.3 is 0 Å². The lowest BCUT2D eigenvalue weighted by atomic mass is 9.86. The summed E-state index contributed by atoms with van der Waals surface area (Å²) in [5.41, 5.74) is 7.48. The molecule has 0 amide bonds. The van der Waals surface area contributed by atoms with Gasteiger partial charge in [-0.05, 0) is 55.2 Å². The Hall–Kier alpha value is -0.460. The molecular formula is C12H22BrN5. The van der Waals surface area contributed by atoms with Crippen molar-refractivity contribution in [1.29, 1.82) is 0 Å². The minimum Gasteiger partial charge on any atom is -0.321 e. The average Bonchev–Trinajstić information content (AvgIpc) is 2.98. The van der Waals surface area contributed by atoms with Crippen LogP contribution in [-0.4, -0.2) is 38.5 Å². The third kappa shape index (κ3) is 2.21. The van der Waals surface area contributed by atoms with Crippen molar-refractivity contribution in [2.24, 2.45) is 12.8 Å². The van der Waals surface area contributed by atoms with E-state index in [2.05, 4.69) is 45.0 Å². The van der Waals surface area contributed by atoms with Gasteiger partial charge in [0.15, 0.2) is 4.60 Å². The van der Waals surface area contributed by atoms with Gasteiger partial charge in [0, 0.05) is 12.6 Å². The van der Waals surface area contributed by atoms with Gasteiger partial charge in [0.05, 0.1) is 11.7 Å². The molecule has 2 atom stereocenters. The minimum absolute atomic E-state index is 0.0332. The molecule has 1 aliphatic heterocycles. The molecule has 6 heteroatoms. The maximum absolute atomic E-state index is 6.54. The molecule has 1 aromatic heterocycles. The third-order valence-corrected chi connectivity index (χ3v) is 4.90. The van der Waals surface area contributed by atoms with E-state index in [4.69, 9.17) is 5.73 Å². The lowest BCUT2D eigenvalue weighted by Gasteiger charge is -2.42. The summed E-state index contributed by atoms with van der Waals surface area (Å²) in [5.74, 6) is 0. The lowest BCUT2D eigenvalue weighted by Crippen LogP contribution is -2.52. The summed E-state index contributed by atoms with van der Waals surface area (Å²) in [4.78, 5) is 2.51. The second kappa shape index (κ2) is 5.27. The highest BCUT2D eigenvalue weighted by atomic mass is 79.9. The molecule has 0 aliphatic carbocycles.